The Kier molecular flexibility index (Phi) is 7.31. The fourth-order valence-electron chi connectivity index (χ4n) is 3.62. The summed E-state index contributed by atoms with van der Waals surface area (Å²) in [6, 6.07) is 5.66. The molecular formula is C22H28N4O6. The van der Waals surface area contributed by atoms with E-state index >= 15 is 0 Å². The SMILES string of the molecule is CC(O)NCCNc1ccc(NCCNC(C)O)c2c1C(=O)c1c(O)ccc(O)c1C2=O. The molecule has 2 atom stereocenters. The van der Waals surface area contributed by atoms with Crippen LogP contribution in [-0.2, 0) is 0 Å². The molecule has 2 aromatic carbocycles. The Balaban J connectivity index is 2.00. The van der Waals surface area contributed by atoms with Gasteiger partial charge in [-0.3, -0.25) is 20.2 Å². The Labute approximate surface area is 185 Å². The van der Waals surface area contributed by atoms with E-state index in [1.165, 1.54) is 12.1 Å². The third kappa shape index (κ3) is 4.83. The zero-order valence-electron chi connectivity index (χ0n) is 17.9. The monoisotopic (exact) mass is 444 g/mol. The van der Waals surface area contributed by atoms with E-state index in [4.69, 9.17) is 0 Å². The zero-order valence-corrected chi connectivity index (χ0v) is 17.9. The lowest BCUT2D eigenvalue weighted by Crippen LogP contribution is -2.32. The van der Waals surface area contributed by atoms with Crippen LogP contribution in [0, 0.1) is 0 Å². The van der Waals surface area contributed by atoms with Gasteiger partial charge in [-0.25, -0.2) is 0 Å². The third-order valence-electron chi connectivity index (χ3n) is 5.04. The second-order valence-corrected chi connectivity index (χ2v) is 7.54. The predicted octanol–water partition coefficient (Wildman–Crippen LogP) is 0.553. The van der Waals surface area contributed by atoms with Gasteiger partial charge in [0.1, 0.15) is 24.0 Å². The molecule has 0 amide bonds. The standard InChI is InChI=1S/C22H28N4O6/c1-11(27)23-7-9-25-13-3-4-14(26-10-8-24-12(2)28)18-17(13)21(31)19-15(29)5-6-16(30)20(19)22(18)32/h3-6,11-12,23-30H,7-10H2,1-2H3. The quantitative estimate of drug-likeness (QED) is 0.126. The summed E-state index contributed by atoms with van der Waals surface area (Å²) < 4.78 is 0. The summed E-state index contributed by atoms with van der Waals surface area (Å²) in [6.07, 6.45) is -1.38. The molecule has 0 aromatic heterocycles. The third-order valence-corrected chi connectivity index (χ3v) is 5.04. The molecule has 0 saturated carbocycles. The summed E-state index contributed by atoms with van der Waals surface area (Å²) in [7, 11) is 0. The molecule has 8 N–H and O–H groups in total. The van der Waals surface area contributed by atoms with Gasteiger partial charge in [-0.1, -0.05) is 0 Å². The van der Waals surface area contributed by atoms with Gasteiger partial charge in [0.2, 0.25) is 11.6 Å². The maximum absolute atomic E-state index is 13.4. The van der Waals surface area contributed by atoms with Crippen molar-refractivity contribution in [3.63, 3.8) is 0 Å². The van der Waals surface area contributed by atoms with Gasteiger partial charge in [-0.15, -0.1) is 0 Å². The number of aromatic hydroxyl groups is 2. The van der Waals surface area contributed by atoms with Crippen LogP contribution in [0.3, 0.4) is 0 Å². The van der Waals surface area contributed by atoms with Crippen LogP contribution in [0.1, 0.15) is 45.7 Å². The minimum absolute atomic E-state index is 0.0916. The lowest BCUT2D eigenvalue weighted by Gasteiger charge is -2.25. The molecule has 2 aromatic rings. The van der Waals surface area contributed by atoms with E-state index in [0.717, 1.165) is 0 Å². The maximum Gasteiger partial charge on any atom is 0.200 e. The molecule has 0 fully saturated rings. The van der Waals surface area contributed by atoms with Crippen molar-refractivity contribution in [1.82, 2.24) is 10.6 Å². The molecule has 0 spiro atoms. The van der Waals surface area contributed by atoms with E-state index in [9.17, 15) is 30.0 Å². The van der Waals surface area contributed by atoms with E-state index in [-0.39, 0.29) is 33.8 Å². The number of carbonyl (C=O) groups excluding carboxylic acids is 2. The first kappa shape index (κ1) is 23.5. The van der Waals surface area contributed by atoms with Crippen molar-refractivity contribution in [2.24, 2.45) is 0 Å². The molecule has 32 heavy (non-hydrogen) atoms. The van der Waals surface area contributed by atoms with E-state index in [1.54, 1.807) is 26.0 Å². The van der Waals surface area contributed by atoms with Gasteiger partial charge < -0.3 is 31.1 Å². The molecule has 0 radical (unpaired) electrons. The zero-order chi connectivity index (χ0) is 23.4. The van der Waals surface area contributed by atoms with Crippen LogP contribution >= 0.6 is 0 Å². The number of phenolic OH excluding ortho intramolecular Hbond substituents is 2. The number of anilines is 2. The second kappa shape index (κ2) is 9.96. The van der Waals surface area contributed by atoms with E-state index in [1.807, 2.05) is 0 Å². The molecule has 0 bridgehead atoms. The second-order valence-electron chi connectivity index (χ2n) is 7.54. The average Bonchev–Trinajstić information content (AvgIpc) is 2.73. The molecule has 1 aliphatic rings. The van der Waals surface area contributed by atoms with Crippen LogP contribution in [0.15, 0.2) is 24.3 Å². The Morgan fingerprint density at radius 3 is 1.38 bits per heavy atom. The van der Waals surface area contributed by atoms with Gasteiger partial charge in [0.15, 0.2) is 0 Å². The van der Waals surface area contributed by atoms with E-state index in [0.29, 0.717) is 37.6 Å². The number of aliphatic hydroxyl groups excluding tert-OH is 2. The molecule has 0 aliphatic heterocycles. The Morgan fingerprint density at radius 1 is 0.656 bits per heavy atom. The Morgan fingerprint density at radius 2 is 1.03 bits per heavy atom. The van der Waals surface area contributed by atoms with Crippen molar-refractivity contribution < 1.29 is 30.0 Å². The molecule has 1 aliphatic carbocycles. The molecular weight excluding hydrogens is 416 g/mol. The van der Waals surface area contributed by atoms with Gasteiger partial charge >= 0.3 is 0 Å². The lowest BCUT2D eigenvalue weighted by atomic mass is 9.81. The smallest absolute Gasteiger partial charge is 0.200 e. The van der Waals surface area contributed by atoms with Gasteiger partial charge in [0, 0.05) is 37.6 Å². The van der Waals surface area contributed by atoms with Crippen molar-refractivity contribution >= 4 is 22.9 Å². The summed E-state index contributed by atoms with van der Waals surface area (Å²) in [5, 5.41) is 51.1. The fraction of sp³-hybridized carbons (Fsp3) is 0.364. The molecule has 10 nitrogen and oxygen atoms in total. The molecule has 3 rings (SSSR count). The average molecular weight is 444 g/mol. The fourth-order valence-corrected chi connectivity index (χ4v) is 3.62. The van der Waals surface area contributed by atoms with Crippen molar-refractivity contribution in [3.05, 3.63) is 46.5 Å². The Bertz CT molecular complexity index is 942. The summed E-state index contributed by atoms with van der Waals surface area (Å²) in [4.78, 5) is 26.7. The summed E-state index contributed by atoms with van der Waals surface area (Å²) in [5.74, 6) is -1.94. The van der Waals surface area contributed by atoms with Crippen molar-refractivity contribution in [3.8, 4) is 11.5 Å². The first-order valence-corrected chi connectivity index (χ1v) is 10.3. The molecule has 0 heterocycles. The van der Waals surface area contributed by atoms with Crippen molar-refractivity contribution in [2.75, 3.05) is 36.8 Å². The van der Waals surface area contributed by atoms with E-state index < -0.39 is 24.0 Å². The molecule has 10 heteroatoms. The van der Waals surface area contributed by atoms with Crippen molar-refractivity contribution in [2.45, 2.75) is 26.3 Å². The largest absolute Gasteiger partial charge is 0.507 e. The summed E-state index contributed by atoms with van der Waals surface area (Å²) in [5.41, 5.74) is 0.502. The first-order chi connectivity index (χ1) is 15.2. The number of aliphatic hydroxyl groups is 2. The predicted molar refractivity (Wildman–Crippen MR) is 119 cm³/mol. The summed E-state index contributed by atoms with van der Waals surface area (Å²) in [6.45, 7) is 4.71. The molecule has 172 valence electrons. The number of benzene rings is 2. The number of hydrogen-bond acceptors (Lipinski definition) is 10. The number of fused-ring (bicyclic) bond motifs is 2. The highest BCUT2D eigenvalue weighted by molar-refractivity contribution is 6.33. The minimum Gasteiger partial charge on any atom is -0.507 e. The van der Waals surface area contributed by atoms with Crippen LogP contribution in [0.4, 0.5) is 11.4 Å². The van der Waals surface area contributed by atoms with Crippen LogP contribution in [0.2, 0.25) is 0 Å². The molecule has 2 unspecified atom stereocenters. The maximum atomic E-state index is 13.4. The van der Waals surface area contributed by atoms with Gasteiger partial charge in [-0.05, 0) is 38.1 Å². The van der Waals surface area contributed by atoms with E-state index in [2.05, 4.69) is 21.3 Å². The number of carbonyl (C=O) groups is 2. The number of hydrogen-bond donors (Lipinski definition) is 8. The number of rotatable bonds is 10. The number of nitrogens with one attached hydrogen (secondary N) is 4. The highest BCUT2D eigenvalue weighted by Gasteiger charge is 2.37. The Hall–Kier alpha value is -3.18. The normalized spacial score (nSPS) is 14.5. The topological polar surface area (TPSA) is 163 Å². The van der Waals surface area contributed by atoms with Crippen LogP contribution < -0.4 is 21.3 Å². The number of phenols is 2. The highest BCUT2D eigenvalue weighted by Crippen LogP contribution is 2.42. The van der Waals surface area contributed by atoms with Gasteiger partial charge in [-0.2, -0.15) is 0 Å². The minimum atomic E-state index is -0.692. The van der Waals surface area contributed by atoms with Gasteiger partial charge in [0.05, 0.1) is 22.3 Å². The molecule has 0 saturated heterocycles. The first-order valence-electron chi connectivity index (χ1n) is 10.3. The van der Waals surface area contributed by atoms with Crippen LogP contribution in [-0.4, -0.2) is 70.6 Å². The lowest BCUT2D eigenvalue weighted by molar-refractivity contribution is 0.0975. The van der Waals surface area contributed by atoms with Crippen LogP contribution in [0.25, 0.3) is 0 Å². The summed E-state index contributed by atoms with van der Waals surface area (Å²) >= 11 is 0. The number of ketones is 2. The highest BCUT2D eigenvalue weighted by atomic mass is 16.3. The van der Waals surface area contributed by atoms with Crippen LogP contribution in [0.5, 0.6) is 11.5 Å². The van der Waals surface area contributed by atoms with Crippen molar-refractivity contribution in [1.29, 1.82) is 0 Å². The van der Waals surface area contributed by atoms with Gasteiger partial charge in [0.25, 0.3) is 0 Å².